The number of carbonyl (C=O) groups excluding carboxylic acids is 3. The molecule has 0 radical (unpaired) electrons. The first-order valence-corrected chi connectivity index (χ1v) is 9.11. The second-order valence-electron chi connectivity index (χ2n) is 4.63. The molecule has 11 heteroatoms. The summed E-state index contributed by atoms with van der Waals surface area (Å²) in [5.74, 6) is -1.87. The highest BCUT2D eigenvalue weighted by molar-refractivity contribution is 7.89. The molecular weight excluding hydrogens is 388 g/mol. The Kier molecular flexibility index (Phi) is 8.23. The van der Waals surface area contributed by atoms with Gasteiger partial charge in [0.1, 0.15) is 4.90 Å². The maximum Gasteiger partial charge on any atom is 0.413 e. The zero-order valence-electron chi connectivity index (χ0n) is 13.8. The third-order valence-corrected chi connectivity index (χ3v) is 4.63. The molecule has 26 heavy (non-hydrogen) atoms. The summed E-state index contributed by atoms with van der Waals surface area (Å²) in [7, 11) is -3.96. The predicted octanol–water partition coefficient (Wildman–Crippen LogP) is 1.23. The van der Waals surface area contributed by atoms with Gasteiger partial charge in [-0.1, -0.05) is 17.7 Å². The zero-order chi connectivity index (χ0) is 19.7. The van der Waals surface area contributed by atoms with Crippen molar-refractivity contribution >= 4 is 39.6 Å². The van der Waals surface area contributed by atoms with Crippen LogP contribution < -0.4 is 10.0 Å². The fourth-order valence-corrected chi connectivity index (χ4v) is 3.14. The number of amides is 2. The molecule has 9 nitrogen and oxygen atoms in total. The fraction of sp³-hybridized carbons (Fsp3) is 0.267. The highest BCUT2D eigenvalue weighted by Crippen LogP contribution is 2.23. The summed E-state index contributed by atoms with van der Waals surface area (Å²) < 4.78 is 35.7. The summed E-state index contributed by atoms with van der Waals surface area (Å²) in [6.45, 7) is 4.24. The van der Waals surface area contributed by atoms with Crippen LogP contribution in [-0.2, 0) is 24.3 Å². The number of rotatable bonds is 8. The van der Waals surface area contributed by atoms with Crippen LogP contribution in [0.4, 0.5) is 4.79 Å². The van der Waals surface area contributed by atoms with Gasteiger partial charge in [-0.15, -0.1) is 6.58 Å². The molecule has 0 atom stereocenters. The predicted molar refractivity (Wildman–Crippen MR) is 92.3 cm³/mol. The van der Waals surface area contributed by atoms with Crippen molar-refractivity contribution in [2.75, 3.05) is 19.8 Å². The Bertz CT molecular complexity index is 808. The van der Waals surface area contributed by atoms with E-state index in [0.717, 1.165) is 6.07 Å². The van der Waals surface area contributed by atoms with Crippen LogP contribution in [0.1, 0.15) is 17.3 Å². The molecule has 0 aliphatic heterocycles. The first kappa shape index (κ1) is 21.6. The fourth-order valence-electron chi connectivity index (χ4n) is 1.61. The van der Waals surface area contributed by atoms with Crippen molar-refractivity contribution in [2.24, 2.45) is 0 Å². The van der Waals surface area contributed by atoms with Gasteiger partial charge in [0, 0.05) is 6.54 Å². The summed E-state index contributed by atoms with van der Waals surface area (Å²) in [4.78, 5) is 34.1. The summed E-state index contributed by atoms with van der Waals surface area (Å²) in [6, 6.07) is 3.46. The molecular formula is C15H17ClN2O7S. The number of imide groups is 1. The number of hydrogen-bond acceptors (Lipinski definition) is 7. The molecule has 0 saturated heterocycles. The van der Waals surface area contributed by atoms with Crippen LogP contribution >= 0.6 is 11.6 Å². The number of ether oxygens (including phenoxy) is 2. The molecule has 0 heterocycles. The normalized spacial score (nSPS) is 10.7. The Morgan fingerprint density at radius 3 is 2.58 bits per heavy atom. The van der Waals surface area contributed by atoms with E-state index in [2.05, 4.69) is 16.0 Å². The molecule has 1 aromatic rings. The Morgan fingerprint density at radius 1 is 1.27 bits per heavy atom. The number of nitrogens with one attached hydrogen (secondary N) is 2. The quantitative estimate of drug-likeness (QED) is 0.492. The van der Waals surface area contributed by atoms with Crippen LogP contribution in [-0.4, -0.2) is 46.1 Å². The minimum Gasteiger partial charge on any atom is -0.452 e. The van der Waals surface area contributed by atoms with Gasteiger partial charge in [0.05, 0.1) is 17.2 Å². The first-order chi connectivity index (χ1) is 12.2. The van der Waals surface area contributed by atoms with Crippen molar-refractivity contribution in [3.63, 3.8) is 0 Å². The average Bonchev–Trinajstić information content (AvgIpc) is 2.58. The van der Waals surface area contributed by atoms with Crippen LogP contribution in [0.2, 0.25) is 5.02 Å². The number of benzene rings is 1. The van der Waals surface area contributed by atoms with Crippen LogP contribution in [0.25, 0.3) is 0 Å². The van der Waals surface area contributed by atoms with Gasteiger partial charge in [0.25, 0.3) is 5.91 Å². The molecule has 2 amide bonds. The van der Waals surface area contributed by atoms with Gasteiger partial charge in [-0.05, 0) is 25.1 Å². The lowest BCUT2D eigenvalue weighted by atomic mass is 10.2. The summed E-state index contributed by atoms with van der Waals surface area (Å²) in [5.41, 5.74) is -0.141. The van der Waals surface area contributed by atoms with Gasteiger partial charge in [-0.25, -0.2) is 22.7 Å². The smallest absolute Gasteiger partial charge is 0.413 e. The zero-order valence-corrected chi connectivity index (χ0v) is 15.4. The van der Waals surface area contributed by atoms with Crippen LogP contribution in [0, 0.1) is 0 Å². The molecule has 1 aromatic carbocycles. The minimum atomic E-state index is -3.96. The summed E-state index contributed by atoms with van der Waals surface area (Å²) in [6.07, 6.45) is 0.368. The van der Waals surface area contributed by atoms with Crippen molar-refractivity contribution in [3.05, 3.63) is 41.4 Å². The molecule has 2 N–H and O–H groups in total. The van der Waals surface area contributed by atoms with E-state index in [9.17, 15) is 22.8 Å². The van der Waals surface area contributed by atoms with Crippen molar-refractivity contribution in [1.82, 2.24) is 10.0 Å². The topological polar surface area (TPSA) is 128 Å². The molecule has 0 spiro atoms. The molecule has 0 unspecified atom stereocenters. The molecule has 0 bridgehead atoms. The Hall–Kier alpha value is -2.43. The van der Waals surface area contributed by atoms with E-state index in [4.69, 9.17) is 16.3 Å². The second-order valence-corrected chi connectivity index (χ2v) is 6.77. The molecule has 0 fully saturated rings. The maximum atomic E-state index is 12.1. The Balaban J connectivity index is 2.82. The van der Waals surface area contributed by atoms with E-state index in [-0.39, 0.29) is 28.6 Å². The third-order valence-electron chi connectivity index (χ3n) is 2.73. The number of hydrogen-bond donors (Lipinski definition) is 2. The molecule has 0 aliphatic carbocycles. The van der Waals surface area contributed by atoms with E-state index < -0.39 is 34.6 Å². The van der Waals surface area contributed by atoms with E-state index in [0.29, 0.717) is 0 Å². The lowest BCUT2D eigenvalue weighted by Crippen LogP contribution is -2.34. The van der Waals surface area contributed by atoms with Gasteiger partial charge in [-0.3, -0.25) is 10.1 Å². The third kappa shape index (κ3) is 6.47. The highest BCUT2D eigenvalue weighted by atomic mass is 35.5. The second kappa shape index (κ2) is 9.90. The Labute approximate surface area is 155 Å². The molecule has 142 valence electrons. The van der Waals surface area contributed by atoms with Crippen molar-refractivity contribution in [1.29, 1.82) is 0 Å². The molecule has 0 aliphatic rings. The van der Waals surface area contributed by atoms with Gasteiger partial charge in [0.15, 0.2) is 6.61 Å². The number of halogens is 1. The van der Waals surface area contributed by atoms with E-state index in [1.807, 2.05) is 5.32 Å². The average molecular weight is 405 g/mol. The maximum absolute atomic E-state index is 12.1. The van der Waals surface area contributed by atoms with Gasteiger partial charge < -0.3 is 9.47 Å². The lowest BCUT2D eigenvalue weighted by Gasteiger charge is -2.09. The van der Waals surface area contributed by atoms with Gasteiger partial charge in [0.2, 0.25) is 10.0 Å². The largest absolute Gasteiger partial charge is 0.452 e. The summed E-state index contributed by atoms with van der Waals surface area (Å²) >= 11 is 5.87. The van der Waals surface area contributed by atoms with Crippen molar-refractivity contribution in [3.8, 4) is 0 Å². The van der Waals surface area contributed by atoms with Crippen LogP contribution in [0.5, 0.6) is 0 Å². The molecule has 1 rings (SSSR count). The van der Waals surface area contributed by atoms with Crippen LogP contribution in [0.3, 0.4) is 0 Å². The van der Waals surface area contributed by atoms with Crippen LogP contribution in [0.15, 0.2) is 35.7 Å². The number of sulfonamides is 1. The number of esters is 1. The minimum absolute atomic E-state index is 0.0264. The van der Waals surface area contributed by atoms with E-state index >= 15 is 0 Å². The van der Waals surface area contributed by atoms with Crippen molar-refractivity contribution in [2.45, 2.75) is 11.8 Å². The highest BCUT2D eigenvalue weighted by Gasteiger charge is 2.20. The number of carbonyl (C=O) groups is 3. The lowest BCUT2D eigenvalue weighted by molar-refractivity contribution is -0.123. The monoisotopic (exact) mass is 404 g/mol. The van der Waals surface area contributed by atoms with Gasteiger partial charge >= 0.3 is 12.1 Å². The summed E-state index contributed by atoms with van der Waals surface area (Å²) in [5, 5.41) is 1.74. The van der Waals surface area contributed by atoms with E-state index in [1.54, 1.807) is 6.92 Å². The van der Waals surface area contributed by atoms with Gasteiger partial charge in [-0.2, -0.15) is 0 Å². The first-order valence-electron chi connectivity index (χ1n) is 7.25. The van der Waals surface area contributed by atoms with Crippen molar-refractivity contribution < 1.29 is 32.3 Å². The molecule has 0 saturated carbocycles. The molecule has 0 aromatic heterocycles. The number of alkyl carbamates (subject to hydrolysis) is 1. The SMILES string of the molecule is C=CCNS(=O)(=O)c1cc(C(=O)OCC(=O)NC(=O)OCC)ccc1Cl. The standard InChI is InChI=1S/C15H17ClN2O7S/c1-3-7-17-26(22,23)12-8-10(5-6-11(12)16)14(20)25-9-13(19)18-15(21)24-4-2/h3,5-6,8,17H,1,4,7,9H2,2H3,(H,18,19,21). The van der Waals surface area contributed by atoms with E-state index in [1.165, 1.54) is 18.2 Å². The Morgan fingerprint density at radius 2 is 1.96 bits per heavy atom.